The van der Waals surface area contributed by atoms with Gasteiger partial charge in [0.15, 0.2) is 0 Å². The predicted octanol–water partition coefficient (Wildman–Crippen LogP) is 1.05. The Labute approximate surface area is 119 Å². The van der Waals surface area contributed by atoms with Gasteiger partial charge in [0.2, 0.25) is 0 Å². The van der Waals surface area contributed by atoms with Gasteiger partial charge in [-0.15, -0.1) is 0 Å². The summed E-state index contributed by atoms with van der Waals surface area (Å²) in [6.07, 6.45) is 2.08. The van der Waals surface area contributed by atoms with Crippen molar-refractivity contribution in [1.29, 1.82) is 5.41 Å². The maximum Gasteiger partial charge on any atom is 0.122 e. The second-order valence-corrected chi connectivity index (χ2v) is 5.25. The molecule has 1 fully saturated rings. The fourth-order valence-electron chi connectivity index (χ4n) is 2.56. The molecule has 20 heavy (non-hydrogen) atoms. The van der Waals surface area contributed by atoms with Crippen LogP contribution in [0.4, 0.5) is 0 Å². The highest BCUT2D eigenvalue weighted by atomic mass is 16.5. The van der Waals surface area contributed by atoms with Gasteiger partial charge in [0.25, 0.3) is 0 Å². The molecule has 5 nitrogen and oxygen atoms in total. The number of likely N-dealkylation sites (tertiary alicyclic amines) is 1. The van der Waals surface area contributed by atoms with E-state index in [4.69, 9.17) is 21.0 Å². The molecule has 1 aromatic carbocycles. The van der Waals surface area contributed by atoms with Crippen LogP contribution in [0, 0.1) is 11.3 Å². The van der Waals surface area contributed by atoms with E-state index in [0.29, 0.717) is 18.1 Å². The lowest BCUT2D eigenvalue weighted by Crippen LogP contribution is -2.26. The van der Waals surface area contributed by atoms with Gasteiger partial charge in [-0.2, -0.15) is 0 Å². The highest BCUT2D eigenvalue weighted by Crippen LogP contribution is 2.19. The number of nitrogen functional groups attached to an aromatic ring is 1. The van der Waals surface area contributed by atoms with Crippen molar-refractivity contribution in [3.05, 3.63) is 29.8 Å². The number of nitrogens with two attached hydrogens (primary N) is 1. The van der Waals surface area contributed by atoms with Crippen LogP contribution in [-0.2, 0) is 0 Å². The average Bonchev–Trinajstić information content (AvgIpc) is 2.87. The molecular weight excluding hydrogens is 254 g/mol. The molecular formula is C15H23N3O2. The zero-order valence-electron chi connectivity index (χ0n) is 11.7. The Morgan fingerprint density at radius 2 is 2.15 bits per heavy atom. The quantitative estimate of drug-likeness (QED) is 0.514. The number of nitrogens with zero attached hydrogens (tertiary/aromatic N) is 1. The van der Waals surface area contributed by atoms with E-state index >= 15 is 0 Å². The fraction of sp³-hybridized carbons (Fsp3) is 0.533. The van der Waals surface area contributed by atoms with Gasteiger partial charge >= 0.3 is 0 Å². The van der Waals surface area contributed by atoms with Crippen molar-refractivity contribution < 1.29 is 9.84 Å². The van der Waals surface area contributed by atoms with Crippen LogP contribution in [0.2, 0.25) is 0 Å². The summed E-state index contributed by atoms with van der Waals surface area (Å²) in [6.45, 7) is 4.02. The van der Waals surface area contributed by atoms with Crippen LogP contribution in [0.25, 0.3) is 0 Å². The summed E-state index contributed by atoms with van der Waals surface area (Å²) in [5, 5.41) is 16.3. The Morgan fingerprint density at radius 1 is 1.40 bits per heavy atom. The Balaban J connectivity index is 1.69. The molecule has 2 rings (SSSR count). The van der Waals surface area contributed by atoms with Gasteiger partial charge in [0, 0.05) is 25.3 Å². The molecule has 1 unspecified atom stereocenters. The standard InChI is InChI=1S/C15H23N3O2/c16-15(17)13-1-3-14(4-2-13)20-10-8-18-7-5-12(11-18)6-9-19/h1-4,12,19H,5-11H2,(H3,16,17). The van der Waals surface area contributed by atoms with Gasteiger partial charge in [0.05, 0.1) is 0 Å². The number of amidine groups is 1. The van der Waals surface area contributed by atoms with Gasteiger partial charge in [-0.1, -0.05) is 0 Å². The van der Waals surface area contributed by atoms with Crippen molar-refractivity contribution >= 4 is 5.84 Å². The van der Waals surface area contributed by atoms with E-state index in [-0.39, 0.29) is 12.4 Å². The van der Waals surface area contributed by atoms with Crippen molar-refractivity contribution in [2.24, 2.45) is 11.7 Å². The zero-order chi connectivity index (χ0) is 14.4. The molecule has 0 saturated carbocycles. The minimum Gasteiger partial charge on any atom is -0.492 e. The van der Waals surface area contributed by atoms with Gasteiger partial charge < -0.3 is 15.6 Å². The van der Waals surface area contributed by atoms with Crippen LogP contribution in [0.15, 0.2) is 24.3 Å². The van der Waals surface area contributed by atoms with Crippen molar-refractivity contribution in [1.82, 2.24) is 4.90 Å². The molecule has 0 aromatic heterocycles. The van der Waals surface area contributed by atoms with Crippen LogP contribution in [-0.4, -0.2) is 48.7 Å². The fourth-order valence-corrected chi connectivity index (χ4v) is 2.56. The minimum absolute atomic E-state index is 0.0727. The first-order valence-electron chi connectivity index (χ1n) is 7.09. The Kier molecular flexibility index (Phi) is 5.38. The molecule has 1 saturated heterocycles. The van der Waals surface area contributed by atoms with Gasteiger partial charge in [-0.25, -0.2) is 0 Å². The number of hydrogen-bond donors (Lipinski definition) is 3. The first-order chi connectivity index (χ1) is 9.69. The van der Waals surface area contributed by atoms with E-state index in [1.54, 1.807) is 12.1 Å². The summed E-state index contributed by atoms with van der Waals surface area (Å²) in [5.41, 5.74) is 6.11. The minimum atomic E-state index is 0.0727. The smallest absolute Gasteiger partial charge is 0.122 e. The molecule has 0 aliphatic carbocycles. The second kappa shape index (κ2) is 7.26. The third-order valence-electron chi connectivity index (χ3n) is 3.75. The number of aliphatic hydroxyl groups excluding tert-OH is 1. The second-order valence-electron chi connectivity index (χ2n) is 5.25. The molecule has 0 radical (unpaired) electrons. The normalized spacial score (nSPS) is 19.1. The van der Waals surface area contributed by atoms with Crippen molar-refractivity contribution in [3.63, 3.8) is 0 Å². The topological polar surface area (TPSA) is 82.6 Å². The summed E-state index contributed by atoms with van der Waals surface area (Å²) >= 11 is 0. The lowest BCUT2D eigenvalue weighted by atomic mass is 10.1. The monoisotopic (exact) mass is 277 g/mol. The number of benzene rings is 1. The third-order valence-corrected chi connectivity index (χ3v) is 3.75. The van der Waals surface area contributed by atoms with Crippen molar-refractivity contribution in [2.75, 3.05) is 32.8 Å². The van der Waals surface area contributed by atoms with Crippen LogP contribution in [0.5, 0.6) is 5.75 Å². The highest BCUT2D eigenvalue weighted by Gasteiger charge is 2.21. The van der Waals surface area contributed by atoms with E-state index in [1.165, 1.54) is 6.42 Å². The molecule has 1 aliphatic rings. The number of aliphatic hydroxyl groups is 1. The predicted molar refractivity (Wildman–Crippen MR) is 79.2 cm³/mol. The maximum atomic E-state index is 8.93. The maximum absolute atomic E-state index is 8.93. The summed E-state index contributed by atoms with van der Waals surface area (Å²) in [7, 11) is 0. The van der Waals surface area contributed by atoms with E-state index in [2.05, 4.69) is 4.90 Å². The molecule has 0 amide bonds. The third kappa shape index (κ3) is 4.21. The Bertz CT molecular complexity index is 433. The SMILES string of the molecule is N=C(N)c1ccc(OCCN2CCC(CCO)C2)cc1. The first-order valence-corrected chi connectivity index (χ1v) is 7.09. The Morgan fingerprint density at radius 3 is 2.80 bits per heavy atom. The molecule has 5 heteroatoms. The largest absolute Gasteiger partial charge is 0.492 e. The molecule has 1 heterocycles. The average molecular weight is 277 g/mol. The van der Waals surface area contributed by atoms with Gasteiger partial charge in [-0.05, 0) is 49.6 Å². The number of rotatable bonds is 7. The lowest BCUT2D eigenvalue weighted by molar-refractivity contribution is 0.222. The molecule has 1 aliphatic heterocycles. The van der Waals surface area contributed by atoms with Crippen LogP contribution in [0.1, 0.15) is 18.4 Å². The molecule has 0 bridgehead atoms. The van der Waals surface area contributed by atoms with Crippen LogP contribution in [0.3, 0.4) is 0 Å². The van der Waals surface area contributed by atoms with E-state index in [1.807, 2.05) is 12.1 Å². The van der Waals surface area contributed by atoms with Gasteiger partial charge in [-0.3, -0.25) is 10.3 Å². The number of ether oxygens (including phenoxy) is 1. The molecule has 0 spiro atoms. The summed E-state index contributed by atoms with van der Waals surface area (Å²) in [6, 6.07) is 7.28. The van der Waals surface area contributed by atoms with Crippen molar-refractivity contribution in [2.45, 2.75) is 12.8 Å². The van der Waals surface area contributed by atoms with E-state index < -0.39 is 0 Å². The summed E-state index contributed by atoms with van der Waals surface area (Å²) in [4.78, 5) is 2.38. The summed E-state index contributed by atoms with van der Waals surface area (Å²) in [5.74, 6) is 1.51. The molecule has 4 N–H and O–H groups in total. The number of nitrogens with one attached hydrogen (secondary N) is 1. The first kappa shape index (κ1) is 14.8. The number of hydrogen-bond acceptors (Lipinski definition) is 4. The van der Waals surface area contributed by atoms with Gasteiger partial charge in [0.1, 0.15) is 18.2 Å². The molecule has 110 valence electrons. The van der Waals surface area contributed by atoms with E-state index in [0.717, 1.165) is 31.8 Å². The zero-order valence-corrected chi connectivity index (χ0v) is 11.7. The van der Waals surface area contributed by atoms with Crippen molar-refractivity contribution in [3.8, 4) is 5.75 Å². The van der Waals surface area contributed by atoms with Crippen LogP contribution >= 0.6 is 0 Å². The molecule has 1 aromatic rings. The van der Waals surface area contributed by atoms with Crippen LogP contribution < -0.4 is 10.5 Å². The lowest BCUT2D eigenvalue weighted by Gasteiger charge is -2.16. The Hall–Kier alpha value is -1.59. The van der Waals surface area contributed by atoms with E-state index in [9.17, 15) is 0 Å². The summed E-state index contributed by atoms with van der Waals surface area (Å²) < 4.78 is 5.70. The molecule has 1 atom stereocenters. The highest BCUT2D eigenvalue weighted by molar-refractivity contribution is 5.94.